The van der Waals surface area contributed by atoms with E-state index in [1.807, 2.05) is 6.92 Å². The van der Waals surface area contributed by atoms with Gasteiger partial charge in [0, 0.05) is 38.5 Å². The Hall–Kier alpha value is -1.85. The standard InChI is InChI=1S/C13H19N3O3/c1-3-4-11-7-12(15-19-11)13(18)16-6-5-10(8-16)14-9(2)17/h7,10H,3-6,8H2,1-2H3,(H,14,17). The van der Waals surface area contributed by atoms with Crippen molar-refractivity contribution in [2.24, 2.45) is 0 Å². The second kappa shape index (κ2) is 5.86. The number of hydrogen-bond donors (Lipinski definition) is 1. The van der Waals surface area contributed by atoms with Crippen molar-refractivity contribution >= 4 is 11.8 Å². The molecule has 1 fully saturated rings. The number of carbonyl (C=O) groups excluding carboxylic acids is 2. The molecule has 0 saturated carbocycles. The molecule has 1 aromatic heterocycles. The number of likely N-dealkylation sites (tertiary alicyclic amines) is 1. The van der Waals surface area contributed by atoms with Gasteiger partial charge in [-0.3, -0.25) is 9.59 Å². The molecule has 104 valence electrons. The van der Waals surface area contributed by atoms with Gasteiger partial charge < -0.3 is 14.7 Å². The second-order valence-corrected chi connectivity index (χ2v) is 4.87. The summed E-state index contributed by atoms with van der Waals surface area (Å²) >= 11 is 0. The minimum Gasteiger partial charge on any atom is -0.361 e. The van der Waals surface area contributed by atoms with E-state index < -0.39 is 0 Å². The minimum absolute atomic E-state index is 0.0449. The average molecular weight is 265 g/mol. The smallest absolute Gasteiger partial charge is 0.276 e. The van der Waals surface area contributed by atoms with Crippen molar-refractivity contribution in [3.63, 3.8) is 0 Å². The van der Waals surface area contributed by atoms with E-state index in [0.717, 1.165) is 25.0 Å². The third-order valence-electron chi connectivity index (χ3n) is 3.16. The maximum atomic E-state index is 12.2. The van der Waals surface area contributed by atoms with Gasteiger partial charge in [-0.2, -0.15) is 0 Å². The molecule has 1 aromatic rings. The van der Waals surface area contributed by atoms with Crippen LogP contribution in [-0.2, 0) is 11.2 Å². The number of nitrogens with one attached hydrogen (secondary N) is 1. The Bertz CT molecular complexity index is 469. The van der Waals surface area contributed by atoms with E-state index in [4.69, 9.17) is 4.52 Å². The molecule has 1 aliphatic rings. The van der Waals surface area contributed by atoms with Crippen molar-refractivity contribution in [3.8, 4) is 0 Å². The highest BCUT2D eigenvalue weighted by Gasteiger charge is 2.28. The minimum atomic E-state index is -0.126. The zero-order valence-corrected chi connectivity index (χ0v) is 11.3. The van der Waals surface area contributed by atoms with Gasteiger partial charge in [0.15, 0.2) is 5.69 Å². The van der Waals surface area contributed by atoms with Crippen LogP contribution in [0.4, 0.5) is 0 Å². The van der Waals surface area contributed by atoms with Gasteiger partial charge in [0.2, 0.25) is 5.91 Å². The highest BCUT2D eigenvalue weighted by atomic mass is 16.5. The fourth-order valence-corrected chi connectivity index (χ4v) is 2.29. The molecule has 2 heterocycles. The third-order valence-corrected chi connectivity index (χ3v) is 3.16. The Labute approximate surface area is 112 Å². The van der Waals surface area contributed by atoms with Gasteiger partial charge >= 0.3 is 0 Å². The molecule has 1 atom stereocenters. The van der Waals surface area contributed by atoms with E-state index in [1.165, 1.54) is 6.92 Å². The topological polar surface area (TPSA) is 75.4 Å². The Morgan fingerprint density at radius 1 is 1.58 bits per heavy atom. The van der Waals surface area contributed by atoms with Crippen LogP contribution in [0.3, 0.4) is 0 Å². The summed E-state index contributed by atoms with van der Waals surface area (Å²) in [6.07, 6.45) is 2.52. The molecule has 2 rings (SSSR count). The molecule has 1 saturated heterocycles. The van der Waals surface area contributed by atoms with Gasteiger partial charge in [0.25, 0.3) is 5.91 Å². The molecule has 1 unspecified atom stereocenters. The Kier molecular flexibility index (Phi) is 4.19. The van der Waals surface area contributed by atoms with Crippen molar-refractivity contribution in [2.45, 2.75) is 39.2 Å². The zero-order valence-electron chi connectivity index (χ0n) is 11.3. The van der Waals surface area contributed by atoms with Gasteiger partial charge in [-0.1, -0.05) is 12.1 Å². The summed E-state index contributed by atoms with van der Waals surface area (Å²) < 4.78 is 5.11. The number of hydrogen-bond acceptors (Lipinski definition) is 4. The number of amides is 2. The summed E-state index contributed by atoms with van der Waals surface area (Å²) in [6.45, 7) is 4.70. The van der Waals surface area contributed by atoms with Crippen molar-refractivity contribution in [1.29, 1.82) is 0 Å². The molecule has 0 aromatic carbocycles. The van der Waals surface area contributed by atoms with E-state index in [2.05, 4.69) is 10.5 Å². The summed E-state index contributed by atoms with van der Waals surface area (Å²) in [5.41, 5.74) is 0.354. The molecule has 0 bridgehead atoms. The first-order chi connectivity index (χ1) is 9.10. The third kappa shape index (κ3) is 3.33. The van der Waals surface area contributed by atoms with Crippen molar-refractivity contribution < 1.29 is 14.1 Å². The fourth-order valence-electron chi connectivity index (χ4n) is 2.29. The summed E-state index contributed by atoms with van der Waals surface area (Å²) in [5, 5.41) is 6.64. The van der Waals surface area contributed by atoms with Crippen LogP contribution in [-0.4, -0.2) is 41.0 Å². The Morgan fingerprint density at radius 2 is 2.37 bits per heavy atom. The van der Waals surface area contributed by atoms with Crippen molar-refractivity contribution in [2.75, 3.05) is 13.1 Å². The molecule has 0 radical (unpaired) electrons. The summed E-state index contributed by atoms with van der Waals surface area (Å²) in [7, 11) is 0. The first-order valence-electron chi connectivity index (χ1n) is 6.62. The predicted octanol–water partition coefficient (Wildman–Crippen LogP) is 0.978. The van der Waals surface area contributed by atoms with Crippen LogP contribution in [0, 0.1) is 0 Å². The predicted molar refractivity (Wildman–Crippen MR) is 68.6 cm³/mol. The quantitative estimate of drug-likeness (QED) is 0.880. The van der Waals surface area contributed by atoms with Gasteiger partial charge in [-0.05, 0) is 12.8 Å². The lowest BCUT2D eigenvalue weighted by Gasteiger charge is -2.15. The second-order valence-electron chi connectivity index (χ2n) is 4.87. The molecule has 1 N–H and O–H groups in total. The molecular formula is C13H19N3O3. The van der Waals surface area contributed by atoms with Crippen LogP contribution in [0.5, 0.6) is 0 Å². The van der Waals surface area contributed by atoms with E-state index in [-0.39, 0.29) is 17.9 Å². The maximum absolute atomic E-state index is 12.2. The molecular weight excluding hydrogens is 246 g/mol. The number of rotatable bonds is 4. The van der Waals surface area contributed by atoms with Crippen LogP contribution in [0.15, 0.2) is 10.6 Å². The fraction of sp³-hybridized carbons (Fsp3) is 0.615. The number of aromatic nitrogens is 1. The lowest BCUT2D eigenvalue weighted by atomic mass is 10.2. The SMILES string of the molecule is CCCc1cc(C(=O)N2CCC(NC(C)=O)C2)no1. The largest absolute Gasteiger partial charge is 0.361 e. The molecule has 0 spiro atoms. The number of nitrogens with zero attached hydrogens (tertiary/aromatic N) is 2. The highest BCUT2D eigenvalue weighted by molar-refractivity contribution is 5.92. The maximum Gasteiger partial charge on any atom is 0.276 e. The van der Waals surface area contributed by atoms with E-state index in [9.17, 15) is 9.59 Å². The van der Waals surface area contributed by atoms with E-state index >= 15 is 0 Å². The lowest BCUT2D eigenvalue weighted by molar-refractivity contribution is -0.119. The monoisotopic (exact) mass is 265 g/mol. The molecule has 0 aliphatic carbocycles. The molecule has 19 heavy (non-hydrogen) atoms. The van der Waals surface area contributed by atoms with Gasteiger partial charge in [0.05, 0.1) is 0 Å². The summed E-state index contributed by atoms with van der Waals surface area (Å²) in [4.78, 5) is 24.9. The average Bonchev–Trinajstić information content (AvgIpc) is 2.97. The summed E-state index contributed by atoms with van der Waals surface area (Å²) in [6, 6.07) is 1.75. The number of aryl methyl sites for hydroxylation is 1. The first-order valence-corrected chi connectivity index (χ1v) is 6.62. The Morgan fingerprint density at radius 3 is 3.05 bits per heavy atom. The molecule has 6 nitrogen and oxygen atoms in total. The van der Waals surface area contributed by atoms with E-state index in [0.29, 0.717) is 18.8 Å². The summed E-state index contributed by atoms with van der Waals surface area (Å²) in [5.74, 6) is 0.549. The zero-order chi connectivity index (χ0) is 13.8. The van der Waals surface area contributed by atoms with Gasteiger partial charge in [-0.15, -0.1) is 0 Å². The molecule has 1 aliphatic heterocycles. The van der Waals surface area contributed by atoms with Crippen LogP contribution < -0.4 is 5.32 Å². The van der Waals surface area contributed by atoms with Crippen molar-refractivity contribution in [1.82, 2.24) is 15.4 Å². The van der Waals surface area contributed by atoms with Crippen LogP contribution in [0.25, 0.3) is 0 Å². The highest BCUT2D eigenvalue weighted by Crippen LogP contribution is 2.14. The lowest BCUT2D eigenvalue weighted by Crippen LogP contribution is -2.37. The Balaban J connectivity index is 1.94. The van der Waals surface area contributed by atoms with Crippen LogP contribution >= 0.6 is 0 Å². The van der Waals surface area contributed by atoms with Crippen LogP contribution in [0.1, 0.15) is 42.9 Å². The first kappa shape index (κ1) is 13.6. The normalized spacial score (nSPS) is 18.6. The van der Waals surface area contributed by atoms with Crippen LogP contribution in [0.2, 0.25) is 0 Å². The van der Waals surface area contributed by atoms with Crippen molar-refractivity contribution in [3.05, 3.63) is 17.5 Å². The van der Waals surface area contributed by atoms with Gasteiger partial charge in [-0.25, -0.2) is 0 Å². The molecule has 2 amide bonds. The van der Waals surface area contributed by atoms with E-state index in [1.54, 1.807) is 11.0 Å². The number of carbonyl (C=O) groups is 2. The van der Waals surface area contributed by atoms with Gasteiger partial charge in [0.1, 0.15) is 5.76 Å². The molecule has 6 heteroatoms.